The van der Waals surface area contributed by atoms with Crippen LogP contribution in [0.3, 0.4) is 0 Å². The van der Waals surface area contributed by atoms with E-state index in [0.717, 1.165) is 55.8 Å². The Hall–Kier alpha value is -1.84. The Morgan fingerprint density at radius 1 is 0.893 bits per heavy atom. The number of hydrogen-bond acceptors (Lipinski definition) is 3. The van der Waals surface area contributed by atoms with Crippen LogP contribution in [-0.4, -0.2) is 36.8 Å². The first kappa shape index (κ1) is 20.9. The Morgan fingerprint density at radius 3 is 1.96 bits per heavy atom. The summed E-state index contributed by atoms with van der Waals surface area (Å²) in [6.07, 6.45) is 5.90. The number of likely N-dealkylation sites (tertiary alicyclic amines) is 1. The first-order valence-electron chi connectivity index (χ1n) is 10.8. The van der Waals surface area contributed by atoms with Crippen molar-refractivity contribution >= 4 is 11.7 Å². The lowest BCUT2D eigenvalue weighted by molar-refractivity contribution is -0.138. The zero-order chi connectivity index (χ0) is 20.3. The van der Waals surface area contributed by atoms with E-state index in [2.05, 4.69) is 20.8 Å². The summed E-state index contributed by atoms with van der Waals surface area (Å²) in [6, 6.07) is 7.35. The van der Waals surface area contributed by atoms with Crippen LogP contribution < -0.4 is 4.74 Å². The van der Waals surface area contributed by atoms with Gasteiger partial charge in [0.05, 0.1) is 7.11 Å². The Bertz CT molecular complexity index is 673. The summed E-state index contributed by atoms with van der Waals surface area (Å²) in [5.41, 5.74) is 1.08. The molecule has 2 fully saturated rings. The number of rotatable bonds is 4. The number of amides is 1. The Morgan fingerprint density at radius 2 is 1.46 bits per heavy atom. The topological polar surface area (TPSA) is 46.6 Å². The number of hydrogen-bond donors (Lipinski definition) is 0. The van der Waals surface area contributed by atoms with E-state index >= 15 is 0 Å². The molecule has 1 aliphatic carbocycles. The minimum atomic E-state index is 0.0223. The van der Waals surface area contributed by atoms with E-state index in [1.54, 1.807) is 7.11 Å². The summed E-state index contributed by atoms with van der Waals surface area (Å²) in [7, 11) is 1.62. The van der Waals surface area contributed by atoms with Gasteiger partial charge >= 0.3 is 0 Å². The van der Waals surface area contributed by atoms with Crippen molar-refractivity contribution in [3.63, 3.8) is 0 Å². The average Bonchev–Trinajstić information content (AvgIpc) is 2.72. The van der Waals surface area contributed by atoms with Crippen molar-refractivity contribution in [2.75, 3.05) is 20.2 Å². The van der Waals surface area contributed by atoms with Crippen molar-refractivity contribution in [1.82, 2.24) is 4.90 Å². The van der Waals surface area contributed by atoms with Crippen molar-refractivity contribution in [3.05, 3.63) is 29.8 Å². The molecule has 0 bridgehead atoms. The maximum atomic E-state index is 13.0. The van der Waals surface area contributed by atoms with Gasteiger partial charge in [-0.2, -0.15) is 0 Å². The third-order valence-electron chi connectivity index (χ3n) is 6.85. The fourth-order valence-corrected chi connectivity index (χ4v) is 4.82. The highest BCUT2D eigenvalue weighted by Gasteiger charge is 2.35. The van der Waals surface area contributed by atoms with E-state index in [-0.39, 0.29) is 17.6 Å². The SMILES string of the molecule is COc1ccc(C(=O)C2CCN(C(=O)C3CCC(C(C)(C)C)CC3)CC2)cc1. The van der Waals surface area contributed by atoms with Crippen molar-refractivity contribution < 1.29 is 14.3 Å². The monoisotopic (exact) mass is 385 g/mol. The molecular weight excluding hydrogens is 350 g/mol. The normalized spacial score (nSPS) is 24.1. The van der Waals surface area contributed by atoms with Crippen LogP contribution in [0.1, 0.15) is 69.7 Å². The predicted octanol–water partition coefficient (Wildman–Crippen LogP) is 4.97. The maximum absolute atomic E-state index is 13.0. The first-order chi connectivity index (χ1) is 13.3. The summed E-state index contributed by atoms with van der Waals surface area (Å²) in [6.45, 7) is 8.36. The maximum Gasteiger partial charge on any atom is 0.225 e. The molecule has 28 heavy (non-hydrogen) atoms. The second kappa shape index (κ2) is 8.67. The zero-order valence-electron chi connectivity index (χ0n) is 17.9. The van der Waals surface area contributed by atoms with Crippen LogP contribution in [0.4, 0.5) is 0 Å². The lowest BCUT2D eigenvalue weighted by atomic mass is 9.69. The number of ether oxygens (including phenoxy) is 1. The third-order valence-corrected chi connectivity index (χ3v) is 6.85. The minimum absolute atomic E-state index is 0.0223. The van der Waals surface area contributed by atoms with Gasteiger partial charge in [-0.3, -0.25) is 9.59 Å². The number of piperidine rings is 1. The van der Waals surface area contributed by atoms with E-state index in [0.29, 0.717) is 24.4 Å². The van der Waals surface area contributed by atoms with Gasteiger partial charge in [-0.15, -0.1) is 0 Å². The molecule has 0 aromatic heterocycles. The van der Waals surface area contributed by atoms with Crippen molar-refractivity contribution in [2.24, 2.45) is 23.2 Å². The van der Waals surface area contributed by atoms with Crippen LogP contribution in [0, 0.1) is 23.2 Å². The molecule has 1 saturated carbocycles. The smallest absolute Gasteiger partial charge is 0.225 e. The summed E-state index contributed by atoms with van der Waals surface area (Å²) in [4.78, 5) is 27.7. The van der Waals surface area contributed by atoms with Crippen LogP contribution in [0.15, 0.2) is 24.3 Å². The van der Waals surface area contributed by atoms with Gasteiger partial charge in [0.2, 0.25) is 5.91 Å². The number of Topliss-reactive ketones (excluding diaryl/α,β-unsaturated/α-hetero) is 1. The van der Waals surface area contributed by atoms with Crippen LogP contribution in [0.2, 0.25) is 0 Å². The molecule has 1 saturated heterocycles. The summed E-state index contributed by atoms with van der Waals surface area (Å²) in [5, 5.41) is 0. The van der Waals surface area contributed by atoms with E-state index in [9.17, 15) is 9.59 Å². The van der Waals surface area contributed by atoms with Crippen molar-refractivity contribution in [2.45, 2.75) is 59.3 Å². The molecular formula is C24H35NO3. The molecule has 4 heteroatoms. The van der Waals surface area contributed by atoms with Gasteiger partial charge < -0.3 is 9.64 Å². The summed E-state index contributed by atoms with van der Waals surface area (Å²) < 4.78 is 5.16. The lowest BCUT2D eigenvalue weighted by Crippen LogP contribution is -2.44. The van der Waals surface area contributed by atoms with Gasteiger partial charge in [-0.05, 0) is 74.1 Å². The largest absolute Gasteiger partial charge is 0.497 e. The van der Waals surface area contributed by atoms with Crippen molar-refractivity contribution in [3.8, 4) is 5.75 Å². The first-order valence-corrected chi connectivity index (χ1v) is 10.8. The Balaban J connectivity index is 1.49. The fourth-order valence-electron chi connectivity index (χ4n) is 4.82. The fraction of sp³-hybridized carbons (Fsp3) is 0.667. The highest BCUT2D eigenvalue weighted by atomic mass is 16.5. The molecule has 3 rings (SSSR count). The number of ketones is 1. The third kappa shape index (κ3) is 4.76. The van der Waals surface area contributed by atoms with Gasteiger partial charge in [-0.25, -0.2) is 0 Å². The second-order valence-electron chi connectivity index (χ2n) is 9.61. The molecule has 0 N–H and O–H groups in total. The lowest BCUT2D eigenvalue weighted by Gasteiger charge is -2.39. The van der Waals surface area contributed by atoms with Crippen LogP contribution >= 0.6 is 0 Å². The molecule has 1 amide bonds. The zero-order valence-corrected chi connectivity index (χ0v) is 17.9. The van der Waals surface area contributed by atoms with Gasteiger partial charge in [0.25, 0.3) is 0 Å². The summed E-state index contributed by atoms with van der Waals surface area (Å²) >= 11 is 0. The molecule has 0 radical (unpaired) electrons. The molecule has 1 aromatic rings. The molecule has 0 unspecified atom stereocenters. The number of methoxy groups -OCH3 is 1. The number of benzene rings is 1. The summed E-state index contributed by atoms with van der Waals surface area (Å²) in [5.74, 6) is 2.22. The Labute approximate surface area is 169 Å². The molecule has 0 spiro atoms. The average molecular weight is 386 g/mol. The molecule has 4 nitrogen and oxygen atoms in total. The van der Waals surface area contributed by atoms with Gasteiger partial charge in [0.15, 0.2) is 5.78 Å². The number of nitrogens with zero attached hydrogens (tertiary/aromatic N) is 1. The van der Waals surface area contributed by atoms with E-state index in [1.165, 1.54) is 0 Å². The number of carbonyl (C=O) groups is 2. The highest BCUT2D eigenvalue weighted by molar-refractivity contribution is 5.98. The van der Waals surface area contributed by atoms with Gasteiger partial charge in [0, 0.05) is 30.5 Å². The van der Waals surface area contributed by atoms with E-state index in [4.69, 9.17) is 4.74 Å². The molecule has 1 aromatic carbocycles. The van der Waals surface area contributed by atoms with Crippen LogP contribution in [-0.2, 0) is 4.79 Å². The van der Waals surface area contributed by atoms with Gasteiger partial charge in [-0.1, -0.05) is 20.8 Å². The minimum Gasteiger partial charge on any atom is -0.497 e. The van der Waals surface area contributed by atoms with Crippen LogP contribution in [0.5, 0.6) is 5.75 Å². The molecule has 154 valence electrons. The quantitative estimate of drug-likeness (QED) is 0.688. The standard InChI is InChI=1S/C24H35NO3/c1-24(2,3)20-9-5-19(6-10-20)23(27)25-15-13-18(14-16-25)22(26)17-7-11-21(28-4)12-8-17/h7-8,11-12,18-20H,5-6,9-10,13-16H2,1-4H3. The van der Waals surface area contributed by atoms with Crippen LogP contribution in [0.25, 0.3) is 0 Å². The molecule has 0 atom stereocenters. The highest BCUT2D eigenvalue weighted by Crippen LogP contribution is 2.40. The molecule has 1 heterocycles. The Kier molecular flexibility index (Phi) is 6.47. The second-order valence-corrected chi connectivity index (χ2v) is 9.61. The van der Waals surface area contributed by atoms with Gasteiger partial charge in [0.1, 0.15) is 5.75 Å². The molecule has 2 aliphatic rings. The predicted molar refractivity (Wildman–Crippen MR) is 112 cm³/mol. The van der Waals surface area contributed by atoms with E-state index in [1.807, 2.05) is 29.2 Å². The number of carbonyl (C=O) groups excluding carboxylic acids is 2. The molecule has 1 aliphatic heterocycles. The van der Waals surface area contributed by atoms with E-state index < -0.39 is 0 Å². The van der Waals surface area contributed by atoms with Crippen molar-refractivity contribution in [1.29, 1.82) is 0 Å².